The van der Waals surface area contributed by atoms with Crippen molar-refractivity contribution >= 4 is 23.4 Å². The van der Waals surface area contributed by atoms with E-state index in [1.807, 2.05) is 30.4 Å². The first-order valence-corrected chi connectivity index (χ1v) is 10.9. The van der Waals surface area contributed by atoms with Gasteiger partial charge in [0.2, 0.25) is 5.72 Å². The lowest BCUT2D eigenvalue weighted by Gasteiger charge is -2.47. The SMILES string of the molecule is CC1(C)c2ccccc2N(CCOC(=O)c2ccncc2)C12C=Cc1cc([N+](=O)[O-])ccc1O2. The third-order valence-corrected chi connectivity index (χ3v) is 6.59. The highest BCUT2D eigenvalue weighted by Crippen LogP contribution is 2.54. The van der Waals surface area contributed by atoms with E-state index in [9.17, 15) is 14.9 Å². The molecule has 8 heteroatoms. The van der Waals surface area contributed by atoms with Crippen molar-refractivity contribution < 1.29 is 19.2 Å². The Kier molecular flexibility index (Phi) is 5.08. The van der Waals surface area contributed by atoms with Crippen molar-refractivity contribution in [1.82, 2.24) is 4.98 Å². The summed E-state index contributed by atoms with van der Waals surface area (Å²) in [5.41, 5.74) is 1.83. The average Bonchev–Trinajstić information content (AvgIpc) is 3.02. The van der Waals surface area contributed by atoms with Crippen LogP contribution in [0.5, 0.6) is 5.75 Å². The molecule has 2 aromatic carbocycles. The Labute approximate surface area is 196 Å². The van der Waals surface area contributed by atoms with Crippen molar-refractivity contribution in [2.24, 2.45) is 0 Å². The summed E-state index contributed by atoms with van der Waals surface area (Å²) in [6, 6.07) is 15.9. The van der Waals surface area contributed by atoms with E-state index >= 15 is 0 Å². The van der Waals surface area contributed by atoms with Gasteiger partial charge in [0, 0.05) is 35.8 Å². The third-order valence-electron chi connectivity index (χ3n) is 6.59. The fourth-order valence-corrected chi connectivity index (χ4v) is 4.79. The zero-order valence-corrected chi connectivity index (χ0v) is 18.8. The highest BCUT2D eigenvalue weighted by molar-refractivity contribution is 5.89. The predicted octanol–water partition coefficient (Wildman–Crippen LogP) is 4.75. The zero-order valence-electron chi connectivity index (χ0n) is 18.8. The molecule has 3 heterocycles. The van der Waals surface area contributed by atoms with Crippen LogP contribution in [0.15, 0.2) is 73.1 Å². The molecule has 0 N–H and O–H groups in total. The number of benzene rings is 2. The van der Waals surface area contributed by atoms with Gasteiger partial charge in [0.1, 0.15) is 12.4 Å². The second-order valence-electron chi connectivity index (χ2n) is 8.78. The highest BCUT2D eigenvalue weighted by Gasteiger charge is 2.58. The molecule has 0 saturated carbocycles. The van der Waals surface area contributed by atoms with E-state index in [0.717, 1.165) is 11.3 Å². The molecule has 1 atom stereocenters. The smallest absolute Gasteiger partial charge is 0.338 e. The standard InChI is InChI=1S/C26H23N3O5/c1-25(2)21-5-3-4-6-22(21)28(15-16-33-24(30)18-10-13-27-14-11-18)26(25)12-9-19-17-20(29(31)32)7-8-23(19)34-26/h3-14,17H,15-16H2,1-2H3. The molecule has 2 aliphatic heterocycles. The van der Waals surface area contributed by atoms with E-state index in [4.69, 9.17) is 9.47 Å². The average molecular weight is 457 g/mol. The predicted molar refractivity (Wildman–Crippen MR) is 127 cm³/mol. The number of aromatic nitrogens is 1. The van der Waals surface area contributed by atoms with Gasteiger partial charge in [-0.05, 0) is 55.8 Å². The van der Waals surface area contributed by atoms with Crippen LogP contribution in [0.4, 0.5) is 11.4 Å². The summed E-state index contributed by atoms with van der Waals surface area (Å²) in [7, 11) is 0. The molecule has 34 heavy (non-hydrogen) atoms. The normalized spacial score (nSPS) is 19.3. The molecular formula is C26H23N3O5. The number of non-ortho nitro benzene ring substituents is 1. The van der Waals surface area contributed by atoms with E-state index in [1.54, 1.807) is 30.6 Å². The van der Waals surface area contributed by atoms with E-state index < -0.39 is 22.0 Å². The summed E-state index contributed by atoms with van der Waals surface area (Å²) in [6.07, 6.45) is 6.92. The van der Waals surface area contributed by atoms with Crippen LogP contribution in [0.1, 0.15) is 35.3 Å². The number of rotatable bonds is 5. The monoisotopic (exact) mass is 457 g/mol. The summed E-state index contributed by atoms with van der Waals surface area (Å²) in [4.78, 5) is 29.3. The Hall–Kier alpha value is -4.20. The molecule has 3 aromatic rings. The molecule has 8 nitrogen and oxygen atoms in total. The molecule has 1 unspecified atom stereocenters. The number of pyridine rings is 1. The molecule has 0 saturated heterocycles. The molecule has 0 amide bonds. The van der Waals surface area contributed by atoms with Crippen LogP contribution in [0, 0.1) is 10.1 Å². The Balaban J connectivity index is 1.47. The van der Waals surface area contributed by atoms with Crippen LogP contribution >= 0.6 is 0 Å². The van der Waals surface area contributed by atoms with E-state index in [1.165, 1.54) is 12.1 Å². The van der Waals surface area contributed by atoms with Gasteiger partial charge < -0.3 is 14.4 Å². The van der Waals surface area contributed by atoms with Crippen molar-refractivity contribution in [1.29, 1.82) is 0 Å². The van der Waals surface area contributed by atoms with Gasteiger partial charge in [-0.25, -0.2) is 4.79 Å². The summed E-state index contributed by atoms with van der Waals surface area (Å²) in [5.74, 6) is 0.147. The molecule has 0 radical (unpaired) electrons. The first-order valence-electron chi connectivity index (χ1n) is 10.9. The van der Waals surface area contributed by atoms with Crippen LogP contribution in [-0.2, 0) is 10.2 Å². The van der Waals surface area contributed by atoms with E-state index in [2.05, 4.69) is 29.8 Å². The number of nitro benzene ring substituents is 1. The van der Waals surface area contributed by atoms with Gasteiger partial charge in [-0.3, -0.25) is 15.1 Å². The summed E-state index contributed by atoms with van der Waals surface area (Å²) >= 11 is 0. The molecule has 0 bridgehead atoms. The van der Waals surface area contributed by atoms with Gasteiger partial charge in [-0.1, -0.05) is 18.2 Å². The number of para-hydroxylation sites is 1. The first-order chi connectivity index (χ1) is 16.3. The Morgan fingerprint density at radius 2 is 1.91 bits per heavy atom. The minimum absolute atomic E-state index is 0.0109. The van der Waals surface area contributed by atoms with Gasteiger partial charge in [0.25, 0.3) is 5.69 Å². The van der Waals surface area contributed by atoms with Crippen molar-refractivity contribution in [3.8, 4) is 5.75 Å². The number of nitrogens with zero attached hydrogens (tertiary/aromatic N) is 3. The number of carbonyl (C=O) groups excluding carboxylic acids is 1. The minimum Gasteiger partial charge on any atom is -0.463 e. The number of ether oxygens (including phenoxy) is 2. The first kappa shape index (κ1) is 21.6. The zero-order chi connectivity index (χ0) is 23.9. The number of fused-ring (bicyclic) bond motifs is 2. The van der Waals surface area contributed by atoms with Gasteiger partial charge in [-0.15, -0.1) is 0 Å². The number of esters is 1. The van der Waals surface area contributed by atoms with Gasteiger partial charge in [0.15, 0.2) is 0 Å². The maximum atomic E-state index is 12.4. The summed E-state index contributed by atoms with van der Waals surface area (Å²) in [6.45, 7) is 4.76. The lowest BCUT2D eigenvalue weighted by atomic mass is 9.76. The summed E-state index contributed by atoms with van der Waals surface area (Å²) in [5, 5.41) is 11.2. The third kappa shape index (κ3) is 3.30. The molecule has 0 fully saturated rings. The second-order valence-corrected chi connectivity index (χ2v) is 8.78. The second kappa shape index (κ2) is 7.98. The lowest BCUT2D eigenvalue weighted by molar-refractivity contribution is -0.384. The van der Waals surface area contributed by atoms with Gasteiger partial charge in [0.05, 0.1) is 22.4 Å². The van der Waals surface area contributed by atoms with Crippen LogP contribution in [0.25, 0.3) is 6.08 Å². The topological polar surface area (TPSA) is 94.8 Å². The maximum Gasteiger partial charge on any atom is 0.338 e. The van der Waals surface area contributed by atoms with Crippen molar-refractivity contribution in [2.45, 2.75) is 25.0 Å². The van der Waals surface area contributed by atoms with Crippen molar-refractivity contribution in [3.05, 3.63) is 99.9 Å². The van der Waals surface area contributed by atoms with Crippen LogP contribution in [0.2, 0.25) is 0 Å². The largest absolute Gasteiger partial charge is 0.463 e. The quantitative estimate of drug-likeness (QED) is 0.310. The Morgan fingerprint density at radius 3 is 2.68 bits per heavy atom. The number of anilines is 1. The van der Waals surface area contributed by atoms with Gasteiger partial charge in [-0.2, -0.15) is 0 Å². The van der Waals surface area contributed by atoms with Crippen molar-refractivity contribution in [3.63, 3.8) is 0 Å². The number of hydrogen-bond acceptors (Lipinski definition) is 7. The van der Waals surface area contributed by atoms with E-state index in [-0.39, 0.29) is 12.3 Å². The highest BCUT2D eigenvalue weighted by atomic mass is 16.6. The molecular weight excluding hydrogens is 434 g/mol. The molecule has 0 aliphatic carbocycles. The fourth-order valence-electron chi connectivity index (χ4n) is 4.79. The Bertz CT molecular complexity index is 1300. The molecule has 172 valence electrons. The molecule has 1 aromatic heterocycles. The Morgan fingerprint density at radius 1 is 1.15 bits per heavy atom. The van der Waals surface area contributed by atoms with Crippen LogP contribution in [-0.4, -0.2) is 34.8 Å². The number of carbonyl (C=O) groups is 1. The molecule has 1 spiro atoms. The van der Waals surface area contributed by atoms with E-state index in [0.29, 0.717) is 23.4 Å². The molecule has 2 aliphatic rings. The maximum absolute atomic E-state index is 12.4. The fraction of sp³-hybridized carbons (Fsp3) is 0.231. The van der Waals surface area contributed by atoms with Gasteiger partial charge >= 0.3 is 5.97 Å². The summed E-state index contributed by atoms with van der Waals surface area (Å²) < 4.78 is 12.2. The van der Waals surface area contributed by atoms with Crippen LogP contribution < -0.4 is 9.64 Å². The lowest BCUT2D eigenvalue weighted by Crippen LogP contribution is -2.60. The number of nitro groups is 1. The minimum atomic E-state index is -0.900. The molecule has 5 rings (SSSR count). The van der Waals surface area contributed by atoms with Crippen LogP contribution in [0.3, 0.4) is 0 Å². The van der Waals surface area contributed by atoms with Crippen molar-refractivity contribution in [2.75, 3.05) is 18.1 Å². The number of hydrogen-bond donors (Lipinski definition) is 0.